The first-order valence-corrected chi connectivity index (χ1v) is 11.1. The van der Waals surface area contributed by atoms with Gasteiger partial charge >= 0.3 is 5.97 Å². The molecule has 0 bridgehead atoms. The zero-order valence-corrected chi connectivity index (χ0v) is 19.1. The number of thiazole rings is 1. The van der Waals surface area contributed by atoms with Gasteiger partial charge in [-0.05, 0) is 38.0 Å². The van der Waals surface area contributed by atoms with E-state index < -0.39 is 16.9 Å². The van der Waals surface area contributed by atoms with Crippen LogP contribution >= 0.6 is 11.3 Å². The maximum absolute atomic E-state index is 13.5. The summed E-state index contributed by atoms with van der Waals surface area (Å²) in [6, 6.07) is 12.8. The number of rotatable bonds is 5. The van der Waals surface area contributed by atoms with Crippen molar-refractivity contribution in [2.45, 2.75) is 26.8 Å². The molecule has 0 spiro atoms. The zero-order chi connectivity index (χ0) is 23.7. The van der Waals surface area contributed by atoms with Crippen molar-refractivity contribution in [3.8, 4) is 0 Å². The molecule has 1 aromatic heterocycles. The molecular weight excluding hydrogens is 442 g/mol. The number of nitrogens with zero attached hydrogens (tertiary/aromatic N) is 3. The predicted octanol–water partition coefficient (Wildman–Crippen LogP) is 3.01. The zero-order valence-electron chi connectivity index (χ0n) is 18.3. The van der Waals surface area contributed by atoms with Gasteiger partial charge in [0.15, 0.2) is 4.80 Å². The molecule has 1 aliphatic rings. The van der Waals surface area contributed by atoms with E-state index in [0.29, 0.717) is 20.6 Å². The second-order valence-corrected chi connectivity index (χ2v) is 8.57. The second kappa shape index (κ2) is 8.95. The first-order chi connectivity index (χ1) is 15.8. The summed E-state index contributed by atoms with van der Waals surface area (Å²) in [5, 5.41) is 11.4. The summed E-state index contributed by atoms with van der Waals surface area (Å²) >= 11 is 1.21. The van der Waals surface area contributed by atoms with Crippen molar-refractivity contribution < 1.29 is 14.5 Å². The molecule has 168 valence electrons. The van der Waals surface area contributed by atoms with Gasteiger partial charge in [0.2, 0.25) is 0 Å². The number of hydrogen-bond donors (Lipinski definition) is 0. The summed E-state index contributed by atoms with van der Waals surface area (Å²) in [4.78, 5) is 42.2. The highest BCUT2D eigenvalue weighted by atomic mass is 32.1. The molecule has 0 radical (unpaired) electrons. The Balaban J connectivity index is 1.97. The Bertz CT molecular complexity index is 1460. The van der Waals surface area contributed by atoms with Crippen LogP contribution in [0, 0.1) is 17.0 Å². The first kappa shape index (κ1) is 22.3. The average Bonchev–Trinajstić information content (AvgIpc) is 3.09. The fourth-order valence-electron chi connectivity index (χ4n) is 3.73. The van der Waals surface area contributed by atoms with Crippen molar-refractivity contribution >= 4 is 29.1 Å². The summed E-state index contributed by atoms with van der Waals surface area (Å²) in [6.07, 6.45) is 1.77. The topological polar surface area (TPSA) is 104 Å². The molecule has 2 heterocycles. The van der Waals surface area contributed by atoms with Gasteiger partial charge in [0.05, 0.1) is 33.4 Å². The molecule has 3 aromatic rings. The number of hydrogen-bond acceptors (Lipinski definition) is 7. The number of nitro benzene ring substituents is 1. The van der Waals surface area contributed by atoms with Gasteiger partial charge in [-0.2, -0.15) is 0 Å². The van der Waals surface area contributed by atoms with Crippen LogP contribution < -0.4 is 14.9 Å². The van der Waals surface area contributed by atoms with Crippen LogP contribution in [-0.4, -0.2) is 22.1 Å². The Morgan fingerprint density at radius 3 is 2.64 bits per heavy atom. The van der Waals surface area contributed by atoms with Crippen LogP contribution in [0.3, 0.4) is 0 Å². The van der Waals surface area contributed by atoms with E-state index in [1.54, 1.807) is 26.0 Å². The molecule has 2 aromatic carbocycles. The Kier molecular flexibility index (Phi) is 6.06. The molecule has 1 atom stereocenters. The van der Waals surface area contributed by atoms with Crippen LogP contribution in [0.15, 0.2) is 69.6 Å². The number of allylic oxidation sites excluding steroid dienone is 1. The third-order valence-corrected chi connectivity index (χ3v) is 6.27. The van der Waals surface area contributed by atoms with Crippen molar-refractivity contribution in [3.63, 3.8) is 0 Å². The third kappa shape index (κ3) is 4.27. The van der Waals surface area contributed by atoms with Crippen molar-refractivity contribution in [3.05, 3.63) is 106 Å². The van der Waals surface area contributed by atoms with Crippen molar-refractivity contribution in [1.29, 1.82) is 0 Å². The fourth-order valence-corrected chi connectivity index (χ4v) is 4.78. The van der Waals surface area contributed by atoms with Crippen molar-refractivity contribution in [1.82, 2.24) is 4.57 Å². The predicted molar refractivity (Wildman–Crippen MR) is 125 cm³/mol. The molecular formula is C24H21N3O5S. The summed E-state index contributed by atoms with van der Waals surface area (Å²) < 4.78 is 7.11. The summed E-state index contributed by atoms with van der Waals surface area (Å²) in [5.74, 6) is -0.608. The van der Waals surface area contributed by atoms with E-state index in [0.717, 1.165) is 11.1 Å². The number of ether oxygens (including phenoxy) is 1. The highest BCUT2D eigenvalue weighted by molar-refractivity contribution is 7.07. The quantitative estimate of drug-likeness (QED) is 0.329. The van der Waals surface area contributed by atoms with E-state index in [9.17, 15) is 19.7 Å². The van der Waals surface area contributed by atoms with Gasteiger partial charge in [0, 0.05) is 12.1 Å². The maximum atomic E-state index is 13.5. The Hall–Kier alpha value is -3.85. The van der Waals surface area contributed by atoms with Gasteiger partial charge in [-0.1, -0.05) is 53.3 Å². The minimum Gasteiger partial charge on any atom is -0.463 e. The average molecular weight is 464 g/mol. The maximum Gasteiger partial charge on any atom is 0.338 e. The highest BCUT2D eigenvalue weighted by Gasteiger charge is 2.34. The lowest BCUT2D eigenvalue weighted by Gasteiger charge is -2.24. The molecule has 0 saturated heterocycles. The lowest BCUT2D eigenvalue weighted by molar-refractivity contribution is -0.384. The van der Waals surface area contributed by atoms with Crippen LogP contribution in [0.5, 0.6) is 0 Å². The van der Waals surface area contributed by atoms with Crippen LogP contribution in [0.25, 0.3) is 6.08 Å². The number of aryl methyl sites for hydroxylation is 1. The number of esters is 1. The highest BCUT2D eigenvalue weighted by Crippen LogP contribution is 2.32. The van der Waals surface area contributed by atoms with Gasteiger partial charge in [-0.15, -0.1) is 0 Å². The summed E-state index contributed by atoms with van der Waals surface area (Å²) in [7, 11) is 0. The standard InChI is InChI=1S/C24H21N3O5S/c1-4-32-23(29)20-15(3)25-24-26(21(20)17-6-5-7-18(13-17)27(30)31)22(28)19(33-24)12-16-10-8-14(2)9-11-16/h5-13,21H,4H2,1-3H3/b19-12-. The van der Waals surface area contributed by atoms with Crippen LogP contribution in [0.2, 0.25) is 0 Å². The van der Waals surface area contributed by atoms with Gasteiger partial charge in [0.1, 0.15) is 0 Å². The SMILES string of the molecule is CCOC(=O)C1=C(C)N=c2s/c(=C\c3ccc(C)cc3)c(=O)n2C1c1cccc([N+](=O)[O-])c1. The lowest BCUT2D eigenvalue weighted by atomic mass is 9.95. The third-order valence-electron chi connectivity index (χ3n) is 5.29. The fraction of sp³-hybridized carbons (Fsp3) is 0.208. The van der Waals surface area contributed by atoms with Gasteiger partial charge in [-0.25, -0.2) is 9.79 Å². The minimum atomic E-state index is -0.889. The Morgan fingerprint density at radius 2 is 1.97 bits per heavy atom. The molecule has 0 saturated carbocycles. The first-order valence-electron chi connectivity index (χ1n) is 10.3. The van der Waals surface area contributed by atoms with E-state index in [1.165, 1.54) is 34.1 Å². The molecule has 0 amide bonds. The van der Waals surface area contributed by atoms with E-state index >= 15 is 0 Å². The van der Waals surface area contributed by atoms with E-state index in [-0.39, 0.29) is 23.4 Å². The summed E-state index contributed by atoms with van der Waals surface area (Å²) in [6.45, 7) is 5.49. The number of nitro groups is 1. The number of benzene rings is 2. The van der Waals surface area contributed by atoms with Gasteiger partial charge < -0.3 is 4.74 Å². The molecule has 8 nitrogen and oxygen atoms in total. The molecule has 4 rings (SSSR count). The molecule has 9 heteroatoms. The van der Waals surface area contributed by atoms with Crippen LogP contribution in [0.4, 0.5) is 5.69 Å². The van der Waals surface area contributed by atoms with Gasteiger partial charge in [0.25, 0.3) is 11.2 Å². The van der Waals surface area contributed by atoms with Crippen LogP contribution in [-0.2, 0) is 9.53 Å². The number of carbonyl (C=O) groups excluding carboxylic acids is 1. The molecule has 0 N–H and O–H groups in total. The largest absolute Gasteiger partial charge is 0.463 e. The number of aromatic nitrogens is 1. The van der Waals surface area contributed by atoms with E-state index in [2.05, 4.69) is 4.99 Å². The van der Waals surface area contributed by atoms with E-state index in [1.807, 2.05) is 31.2 Å². The molecule has 33 heavy (non-hydrogen) atoms. The van der Waals surface area contributed by atoms with E-state index in [4.69, 9.17) is 4.74 Å². The monoisotopic (exact) mass is 463 g/mol. The number of carbonyl (C=O) groups is 1. The van der Waals surface area contributed by atoms with Crippen molar-refractivity contribution in [2.75, 3.05) is 6.61 Å². The molecule has 1 aliphatic heterocycles. The second-order valence-electron chi connectivity index (χ2n) is 7.57. The van der Waals surface area contributed by atoms with Gasteiger partial charge in [-0.3, -0.25) is 19.5 Å². The normalized spacial score (nSPS) is 15.7. The lowest BCUT2D eigenvalue weighted by Crippen LogP contribution is -2.39. The Morgan fingerprint density at radius 1 is 1.24 bits per heavy atom. The van der Waals surface area contributed by atoms with Crippen molar-refractivity contribution in [2.24, 2.45) is 4.99 Å². The molecule has 0 aliphatic carbocycles. The number of non-ortho nitro benzene ring substituents is 1. The smallest absolute Gasteiger partial charge is 0.338 e. The Labute approximate surface area is 192 Å². The molecule has 0 fully saturated rings. The molecule has 1 unspecified atom stereocenters. The van der Waals surface area contributed by atoms with Crippen LogP contribution in [0.1, 0.15) is 36.6 Å². The number of fused-ring (bicyclic) bond motifs is 1. The summed E-state index contributed by atoms with van der Waals surface area (Å²) in [5.41, 5.74) is 2.54. The minimum absolute atomic E-state index is 0.132.